The Morgan fingerprint density at radius 2 is 1.72 bits per heavy atom. The van der Waals surface area contributed by atoms with Crippen LogP contribution in [0.5, 0.6) is 0 Å². The van der Waals surface area contributed by atoms with Crippen LogP contribution in [0.1, 0.15) is 47.0 Å². The zero-order valence-electron chi connectivity index (χ0n) is 11.9. The quantitative estimate of drug-likeness (QED) is 0.624. The van der Waals surface area contributed by atoms with E-state index in [1.807, 2.05) is 0 Å². The normalized spacial score (nSPS) is 14.1. The Kier molecular flexibility index (Phi) is 7.39. The first-order chi connectivity index (χ1) is 8.39. The van der Waals surface area contributed by atoms with E-state index in [9.17, 15) is 9.59 Å². The van der Waals surface area contributed by atoms with E-state index in [0.717, 1.165) is 12.8 Å². The maximum atomic E-state index is 11.5. The van der Waals surface area contributed by atoms with Gasteiger partial charge >= 0.3 is 12.0 Å². The zero-order chi connectivity index (χ0) is 14.2. The molecule has 0 aromatic carbocycles. The molecule has 0 heterocycles. The molecule has 0 fully saturated rings. The molecule has 0 aliphatic rings. The van der Waals surface area contributed by atoms with Gasteiger partial charge < -0.3 is 15.7 Å². The molecule has 0 radical (unpaired) electrons. The van der Waals surface area contributed by atoms with Crippen LogP contribution in [0, 0.1) is 11.3 Å². The van der Waals surface area contributed by atoms with Gasteiger partial charge in [-0.3, -0.25) is 4.79 Å². The van der Waals surface area contributed by atoms with Crippen LogP contribution in [-0.4, -0.2) is 30.2 Å². The van der Waals surface area contributed by atoms with Gasteiger partial charge in [-0.05, 0) is 19.3 Å². The van der Waals surface area contributed by atoms with Crippen molar-refractivity contribution in [2.45, 2.75) is 47.0 Å². The van der Waals surface area contributed by atoms with Gasteiger partial charge in [0.05, 0.1) is 5.41 Å². The summed E-state index contributed by atoms with van der Waals surface area (Å²) in [6, 6.07) is -0.289. The highest BCUT2D eigenvalue weighted by Crippen LogP contribution is 2.19. The lowest BCUT2D eigenvalue weighted by molar-refractivity contribution is -0.147. The number of carboxylic acid groups (broad SMARTS) is 1. The lowest BCUT2D eigenvalue weighted by Crippen LogP contribution is -2.45. The van der Waals surface area contributed by atoms with Crippen molar-refractivity contribution >= 4 is 12.0 Å². The second kappa shape index (κ2) is 7.95. The Bertz CT molecular complexity index is 277. The average Bonchev–Trinajstić information content (AvgIpc) is 2.36. The molecular weight excluding hydrogens is 232 g/mol. The summed E-state index contributed by atoms with van der Waals surface area (Å²) in [6.07, 6.45) is 2.53. The molecule has 0 aromatic heterocycles. The minimum atomic E-state index is -0.897. The number of hydrogen-bond acceptors (Lipinski definition) is 2. The van der Waals surface area contributed by atoms with Crippen molar-refractivity contribution in [1.82, 2.24) is 10.6 Å². The lowest BCUT2D eigenvalue weighted by Gasteiger charge is -2.23. The molecule has 0 aliphatic heterocycles. The molecule has 2 amide bonds. The van der Waals surface area contributed by atoms with Crippen LogP contribution in [0.3, 0.4) is 0 Å². The van der Waals surface area contributed by atoms with Crippen LogP contribution in [0.4, 0.5) is 4.79 Å². The molecule has 106 valence electrons. The lowest BCUT2D eigenvalue weighted by atomic mass is 9.88. The van der Waals surface area contributed by atoms with E-state index in [0.29, 0.717) is 18.9 Å². The number of urea groups is 1. The van der Waals surface area contributed by atoms with Gasteiger partial charge in [0.2, 0.25) is 0 Å². The molecule has 0 aromatic rings. The van der Waals surface area contributed by atoms with Crippen molar-refractivity contribution in [2.75, 3.05) is 13.1 Å². The van der Waals surface area contributed by atoms with Gasteiger partial charge in [0.1, 0.15) is 0 Å². The number of carbonyl (C=O) groups is 2. The summed E-state index contributed by atoms with van der Waals surface area (Å²) in [6.45, 7) is 8.40. The predicted octanol–water partition coefficient (Wildman–Crippen LogP) is 2.22. The smallest absolute Gasteiger partial charge is 0.314 e. The average molecular weight is 258 g/mol. The van der Waals surface area contributed by atoms with Gasteiger partial charge in [-0.2, -0.15) is 0 Å². The Labute approximate surface area is 109 Å². The summed E-state index contributed by atoms with van der Waals surface area (Å²) in [5, 5.41) is 14.5. The maximum Gasteiger partial charge on any atom is 0.314 e. The van der Waals surface area contributed by atoms with Crippen LogP contribution in [0.2, 0.25) is 0 Å². The molecule has 0 bridgehead atoms. The first kappa shape index (κ1) is 16.7. The number of carboxylic acids is 1. The molecule has 0 saturated carbocycles. The fourth-order valence-corrected chi connectivity index (χ4v) is 1.50. The van der Waals surface area contributed by atoms with Gasteiger partial charge in [-0.1, -0.05) is 33.6 Å². The highest BCUT2D eigenvalue weighted by molar-refractivity contribution is 5.77. The second-order valence-electron chi connectivity index (χ2n) is 4.97. The molecule has 0 aliphatic carbocycles. The first-order valence-corrected chi connectivity index (χ1v) is 6.64. The van der Waals surface area contributed by atoms with Crippen LogP contribution in [0.15, 0.2) is 0 Å². The van der Waals surface area contributed by atoms with Crippen LogP contribution >= 0.6 is 0 Å². The summed E-state index contributed by atoms with van der Waals surface area (Å²) in [7, 11) is 0. The molecule has 0 spiro atoms. The van der Waals surface area contributed by atoms with E-state index in [4.69, 9.17) is 5.11 Å². The summed E-state index contributed by atoms with van der Waals surface area (Å²) in [4.78, 5) is 22.6. The third-order valence-electron chi connectivity index (χ3n) is 3.64. The fraction of sp³-hybridized carbons (Fsp3) is 0.846. The maximum absolute atomic E-state index is 11.5. The minimum absolute atomic E-state index is 0.146. The SMILES string of the molecule is CCC(CC)CNC(=O)NCC(C)(CC)C(=O)O. The van der Waals surface area contributed by atoms with Gasteiger partial charge in [0.25, 0.3) is 0 Å². The zero-order valence-corrected chi connectivity index (χ0v) is 11.9. The second-order valence-corrected chi connectivity index (χ2v) is 4.97. The number of nitrogens with one attached hydrogen (secondary N) is 2. The Hall–Kier alpha value is -1.26. The molecule has 0 saturated heterocycles. The van der Waals surface area contributed by atoms with Crippen LogP contribution < -0.4 is 10.6 Å². The molecular formula is C13H26N2O3. The van der Waals surface area contributed by atoms with Crippen LogP contribution in [-0.2, 0) is 4.79 Å². The molecule has 1 atom stereocenters. The van der Waals surface area contributed by atoms with Gasteiger partial charge in [0.15, 0.2) is 0 Å². The topological polar surface area (TPSA) is 78.4 Å². The third kappa shape index (κ3) is 5.38. The van der Waals surface area contributed by atoms with Gasteiger partial charge in [0, 0.05) is 13.1 Å². The summed E-state index contributed by atoms with van der Waals surface area (Å²) >= 11 is 0. The minimum Gasteiger partial charge on any atom is -0.481 e. The van der Waals surface area contributed by atoms with Crippen molar-refractivity contribution < 1.29 is 14.7 Å². The molecule has 5 nitrogen and oxygen atoms in total. The van der Waals surface area contributed by atoms with Gasteiger partial charge in [-0.25, -0.2) is 4.79 Å². The van der Waals surface area contributed by atoms with E-state index < -0.39 is 11.4 Å². The fourth-order valence-electron chi connectivity index (χ4n) is 1.50. The molecule has 5 heteroatoms. The number of hydrogen-bond donors (Lipinski definition) is 3. The summed E-state index contributed by atoms with van der Waals surface area (Å²) < 4.78 is 0. The van der Waals surface area contributed by atoms with E-state index >= 15 is 0 Å². The Balaban J connectivity index is 4.07. The monoisotopic (exact) mass is 258 g/mol. The van der Waals surface area contributed by atoms with Crippen molar-refractivity contribution in [3.8, 4) is 0 Å². The Morgan fingerprint density at radius 3 is 2.11 bits per heavy atom. The third-order valence-corrected chi connectivity index (χ3v) is 3.64. The number of rotatable bonds is 8. The van der Waals surface area contributed by atoms with Crippen LogP contribution in [0.25, 0.3) is 0 Å². The highest BCUT2D eigenvalue weighted by atomic mass is 16.4. The molecule has 18 heavy (non-hydrogen) atoms. The summed E-state index contributed by atoms with van der Waals surface area (Å²) in [5.74, 6) is -0.405. The Morgan fingerprint density at radius 1 is 1.17 bits per heavy atom. The largest absolute Gasteiger partial charge is 0.481 e. The van der Waals surface area contributed by atoms with Crippen molar-refractivity contribution in [3.05, 3.63) is 0 Å². The molecule has 1 unspecified atom stereocenters. The first-order valence-electron chi connectivity index (χ1n) is 6.64. The summed E-state index contributed by atoms with van der Waals surface area (Å²) in [5.41, 5.74) is -0.897. The van der Waals surface area contributed by atoms with Gasteiger partial charge in [-0.15, -0.1) is 0 Å². The number of carbonyl (C=O) groups excluding carboxylic acids is 1. The predicted molar refractivity (Wildman–Crippen MR) is 71.5 cm³/mol. The number of aliphatic carboxylic acids is 1. The van der Waals surface area contributed by atoms with E-state index in [2.05, 4.69) is 24.5 Å². The van der Waals surface area contributed by atoms with E-state index in [1.165, 1.54) is 0 Å². The van der Waals surface area contributed by atoms with E-state index in [-0.39, 0.29) is 12.6 Å². The number of amides is 2. The van der Waals surface area contributed by atoms with Crippen molar-refractivity contribution in [3.63, 3.8) is 0 Å². The van der Waals surface area contributed by atoms with E-state index in [1.54, 1.807) is 13.8 Å². The van der Waals surface area contributed by atoms with Crippen molar-refractivity contribution in [2.24, 2.45) is 11.3 Å². The van der Waals surface area contributed by atoms with Crippen molar-refractivity contribution in [1.29, 1.82) is 0 Å². The molecule has 3 N–H and O–H groups in total. The highest BCUT2D eigenvalue weighted by Gasteiger charge is 2.31. The molecule has 0 rings (SSSR count). The standard InChI is InChI=1S/C13H26N2O3/c1-5-10(6-2)8-14-12(18)15-9-13(4,7-3)11(16)17/h10H,5-9H2,1-4H3,(H,16,17)(H2,14,15,18).